The van der Waals surface area contributed by atoms with Gasteiger partial charge in [0.1, 0.15) is 5.82 Å². The zero-order valence-corrected chi connectivity index (χ0v) is 5.00. The zero-order valence-electron chi connectivity index (χ0n) is 5.00. The summed E-state index contributed by atoms with van der Waals surface area (Å²) < 4.78 is 0. The van der Waals surface area contributed by atoms with Gasteiger partial charge in [0.2, 0.25) is 0 Å². The third-order valence-corrected chi connectivity index (χ3v) is 0.982. The molecule has 0 radical (unpaired) electrons. The quantitative estimate of drug-likeness (QED) is 0.471. The van der Waals surface area contributed by atoms with Crippen molar-refractivity contribution in [2.75, 3.05) is 0 Å². The third-order valence-electron chi connectivity index (χ3n) is 0.982. The van der Waals surface area contributed by atoms with E-state index in [0.29, 0.717) is 0 Å². The van der Waals surface area contributed by atoms with Gasteiger partial charge in [0.05, 0.1) is 12.1 Å². The lowest BCUT2D eigenvalue weighted by molar-refractivity contribution is 1.29. The van der Waals surface area contributed by atoms with Gasteiger partial charge in [0, 0.05) is 5.97 Å². The molecule has 0 aromatic heterocycles. The molecule has 42 valence electrons. The Morgan fingerprint density at radius 1 is 1.22 bits per heavy atom. The molecule has 0 fully saturated rings. The average Bonchev–Trinajstić information content (AvgIpc) is 1.90. The second-order valence-corrected chi connectivity index (χ2v) is 1.65. The summed E-state index contributed by atoms with van der Waals surface area (Å²) >= 11 is 0. The molecular weight excluding hydrogens is 113 g/mol. The highest BCUT2D eigenvalue weighted by atomic mass is 14.3. The van der Waals surface area contributed by atoms with E-state index in [9.17, 15) is 0 Å². The van der Waals surface area contributed by atoms with E-state index in [-0.39, 0.29) is 0 Å². The van der Waals surface area contributed by atoms with Crippen LogP contribution in [0.1, 0.15) is 0 Å². The van der Waals surface area contributed by atoms with Crippen LogP contribution >= 0.6 is 0 Å². The molecule has 4 heteroatoms. The maximum Gasteiger partial charge on any atom is 0.299 e. The fourth-order valence-corrected chi connectivity index (χ4v) is 0.327. The predicted octanol–water partition coefficient (Wildman–Crippen LogP) is 0.591. The van der Waals surface area contributed by atoms with E-state index in [0.717, 1.165) is 0 Å². The molecule has 0 heterocycles. The normalized spacial score (nSPS) is 7.00. The first-order valence-corrected chi connectivity index (χ1v) is 2.45. The molecule has 0 saturated heterocycles. The summed E-state index contributed by atoms with van der Waals surface area (Å²) in [6, 6.07) is 3.44. The van der Waals surface area contributed by atoms with E-state index in [1.54, 1.807) is 19.0 Å². The maximum absolute atomic E-state index is 8.22. The first-order chi connectivity index (χ1) is 4.26. The summed E-state index contributed by atoms with van der Waals surface area (Å²) in [5.41, 5.74) is 0. The van der Waals surface area contributed by atoms with Gasteiger partial charge in [-0.3, -0.25) is 0 Å². The Morgan fingerprint density at radius 2 is 1.67 bits per heavy atom. The van der Waals surface area contributed by atoms with Crippen molar-refractivity contribution in [1.29, 1.82) is 15.8 Å². The lowest BCUT2D eigenvalue weighted by Gasteiger charge is -1.91. The molecule has 0 aliphatic heterocycles. The van der Waals surface area contributed by atoms with Crippen molar-refractivity contribution in [3.05, 3.63) is 0 Å². The summed E-state index contributed by atoms with van der Waals surface area (Å²) in [5.74, 6) is 1.04. The fraction of sp³-hybridized carbons (Fsp3) is 0.400. The van der Waals surface area contributed by atoms with Crippen LogP contribution in [0.4, 0.5) is 0 Å². The van der Waals surface area contributed by atoms with Gasteiger partial charge < -0.3 is 0 Å². The maximum atomic E-state index is 8.22. The molecule has 0 spiro atoms. The van der Waals surface area contributed by atoms with Crippen LogP contribution in [0.25, 0.3) is 0 Å². The Morgan fingerprint density at radius 3 is 1.78 bits per heavy atom. The van der Waals surface area contributed by atoms with Gasteiger partial charge >= 0.3 is 0 Å². The SMILES string of the molecule is CB(C#N)C(C#N)C#N. The zero-order chi connectivity index (χ0) is 7.28. The summed E-state index contributed by atoms with van der Waals surface area (Å²) in [6.45, 7) is 1.07. The van der Waals surface area contributed by atoms with Crippen LogP contribution < -0.4 is 0 Å². The molecule has 0 aromatic rings. The number of nitriles is 3. The molecule has 0 rings (SSSR count). The van der Waals surface area contributed by atoms with Gasteiger partial charge in [-0.05, 0) is 0 Å². The second kappa shape index (κ2) is 3.53. The molecule has 9 heavy (non-hydrogen) atoms. The number of hydrogen-bond acceptors (Lipinski definition) is 3. The minimum absolute atomic E-state index is 0.486. The van der Waals surface area contributed by atoms with Crippen molar-refractivity contribution in [3.8, 4) is 18.1 Å². The van der Waals surface area contributed by atoms with E-state index in [1.807, 2.05) is 5.97 Å². The topological polar surface area (TPSA) is 71.4 Å². The Labute approximate surface area is 54.2 Å². The van der Waals surface area contributed by atoms with Crippen molar-refractivity contribution in [1.82, 2.24) is 0 Å². The Balaban J connectivity index is 4.08. The van der Waals surface area contributed by atoms with Crippen LogP contribution in [0.2, 0.25) is 12.6 Å². The third kappa shape index (κ3) is 1.84. The van der Waals surface area contributed by atoms with E-state index in [2.05, 4.69) is 0 Å². The summed E-state index contributed by atoms with van der Waals surface area (Å²) in [6.07, 6.45) is 0. The van der Waals surface area contributed by atoms with Gasteiger partial charge in [-0.2, -0.15) is 10.5 Å². The minimum Gasteiger partial charge on any atom is -0.212 e. The number of rotatable bonds is 1. The van der Waals surface area contributed by atoms with Crippen LogP contribution in [0, 0.1) is 33.9 Å². The molecule has 0 N–H and O–H groups in total. The molecular formula is C5H4BN3. The van der Waals surface area contributed by atoms with E-state index in [4.69, 9.17) is 15.8 Å². The summed E-state index contributed by atoms with van der Waals surface area (Å²) in [7, 11) is 0. The van der Waals surface area contributed by atoms with Gasteiger partial charge in [0.25, 0.3) is 6.71 Å². The lowest BCUT2D eigenvalue weighted by atomic mass is 9.45. The minimum atomic E-state index is -0.782. The smallest absolute Gasteiger partial charge is 0.212 e. The van der Waals surface area contributed by atoms with Gasteiger partial charge in [0.15, 0.2) is 0 Å². The van der Waals surface area contributed by atoms with Crippen molar-refractivity contribution in [3.63, 3.8) is 0 Å². The van der Waals surface area contributed by atoms with Crippen LogP contribution in [0.3, 0.4) is 0 Å². The standard InChI is InChI=1S/C5H4BN3/c1-6(4-9)5(2-7)3-8/h5H,1H3. The molecule has 0 amide bonds. The lowest BCUT2D eigenvalue weighted by Crippen LogP contribution is -2.10. The molecule has 0 saturated carbocycles. The van der Waals surface area contributed by atoms with Crippen LogP contribution in [0.15, 0.2) is 0 Å². The number of nitrogens with zero attached hydrogens (tertiary/aromatic N) is 3. The molecule has 0 unspecified atom stereocenters. The highest BCUT2D eigenvalue weighted by Gasteiger charge is 2.19. The van der Waals surface area contributed by atoms with Crippen LogP contribution in [0.5, 0.6) is 0 Å². The first kappa shape index (κ1) is 7.53. The molecule has 0 atom stereocenters. The van der Waals surface area contributed by atoms with Crippen molar-refractivity contribution < 1.29 is 0 Å². The van der Waals surface area contributed by atoms with Gasteiger partial charge in [-0.15, -0.1) is 0 Å². The largest absolute Gasteiger partial charge is 0.299 e. The molecule has 0 aliphatic carbocycles. The first-order valence-electron chi connectivity index (χ1n) is 2.45. The second-order valence-electron chi connectivity index (χ2n) is 1.65. The number of hydrogen-bond donors (Lipinski definition) is 0. The van der Waals surface area contributed by atoms with Gasteiger partial charge in [-0.25, -0.2) is 5.26 Å². The highest BCUT2D eigenvalue weighted by molar-refractivity contribution is 6.68. The van der Waals surface area contributed by atoms with E-state index in [1.165, 1.54) is 0 Å². The predicted molar refractivity (Wildman–Crippen MR) is 32.2 cm³/mol. The monoisotopic (exact) mass is 117 g/mol. The Hall–Kier alpha value is -1.47. The molecule has 0 bridgehead atoms. The van der Waals surface area contributed by atoms with E-state index >= 15 is 0 Å². The van der Waals surface area contributed by atoms with Crippen molar-refractivity contribution in [2.24, 2.45) is 0 Å². The fourth-order valence-electron chi connectivity index (χ4n) is 0.327. The Bertz CT molecular complexity index is 190. The van der Waals surface area contributed by atoms with Crippen molar-refractivity contribution in [2.45, 2.75) is 12.6 Å². The molecule has 0 aromatic carbocycles. The van der Waals surface area contributed by atoms with Crippen LogP contribution in [-0.2, 0) is 0 Å². The summed E-state index contributed by atoms with van der Waals surface area (Å²) in [5, 5.41) is 24.6. The molecule has 0 aliphatic rings. The average molecular weight is 117 g/mol. The van der Waals surface area contributed by atoms with Crippen molar-refractivity contribution >= 4 is 6.71 Å². The Kier molecular flexibility index (Phi) is 2.95. The van der Waals surface area contributed by atoms with Gasteiger partial charge in [-0.1, -0.05) is 6.82 Å². The molecule has 3 nitrogen and oxygen atoms in total. The summed E-state index contributed by atoms with van der Waals surface area (Å²) in [4.78, 5) is 0. The highest BCUT2D eigenvalue weighted by Crippen LogP contribution is 2.04. The van der Waals surface area contributed by atoms with E-state index < -0.39 is 12.5 Å². The van der Waals surface area contributed by atoms with Crippen LogP contribution in [-0.4, -0.2) is 6.71 Å².